The number of hydrogen-bond acceptors (Lipinski definition) is 6. The quantitative estimate of drug-likeness (QED) is 0.604. The molecule has 2 aromatic rings. The molecule has 3 aliphatic rings. The van der Waals surface area contributed by atoms with Gasteiger partial charge in [-0.05, 0) is 68.2 Å². The molecule has 0 unspecified atom stereocenters. The third kappa shape index (κ3) is 4.52. The Hall–Kier alpha value is -2.78. The van der Waals surface area contributed by atoms with Gasteiger partial charge in [-0.15, -0.1) is 0 Å². The molecule has 0 spiro atoms. The molecule has 0 radical (unpaired) electrons. The Kier molecular flexibility index (Phi) is 5.92. The Balaban J connectivity index is 1.14. The maximum Gasteiger partial charge on any atom is 0.248 e. The molecule has 2 amide bonds. The number of likely N-dealkylation sites (tertiary alicyclic amines) is 1. The Morgan fingerprint density at radius 2 is 1.88 bits per heavy atom. The summed E-state index contributed by atoms with van der Waals surface area (Å²) in [6.45, 7) is 0.966. The molecule has 3 heterocycles. The highest BCUT2D eigenvalue weighted by Gasteiger charge is 2.47. The number of carbonyl (C=O) groups excluding carboxylic acids is 2. The maximum atomic E-state index is 12.8. The first-order valence-electron chi connectivity index (χ1n) is 11.6. The number of rotatable bonds is 7. The number of aryl methyl sites for hydroxylation is 2. The van der Waals surface area contributed by atoms with Crippen molar-refractivity contribution in [1.82, 2.24) is 14.6 Å². The highest BCUT2D eigenvalue weighted by atomic mass is 32.2. The van der Waals surface area contributed by atoms with Gasteiger partial charge in [-0.2, -0.15) is 4.72 Å². The van der Waals surface area contributed by atoms with Gasteiger partial charge in [0, 0.05) is 18.3 Å². The first-order valence-corrected chi connectivity index (χ1v) is 13.0. The maximum absolute atomic E-state index is 12.8. The number of carbonyl (C=O) groups is 2. The number of nitrogens with one attached hydrogen (secondary N) is 2. The van der Waals surface area contributed by atoms with E-state index in [0.29, 0.717) is 5.92 Å². The summed E-state index contributed by atoms with van der Waals surface area (Å²) in [6.07, 6.45) is 5.44. The van der Waals surface area contributed by atoms with E-state index in [4.69, 9.17) is 4.98 Å². The van der Waals surface area contributed by atoms with Crippen molar-refractivity contribution in [1.29, 1.82) is 0 Å². The van der Waals surface area contributed by atoms with Gasteiger partial charge in [0.1, 0.15) is 11.9 Å². The van der Waals surface area contributed by atoms with Crippen molar-refractivity contribution in [2.75, 3.05) is 11.9 Å². The van der Waals surface area contributed by atoms with Crippen LogP contribution in [0.4, 0.5) is 5.82 Å². The van der Waals surface area contributed by atoms with Crippen LogP contribution in [0.5, 0.6) is 0 Å². The molecule has 1 aliphatic carbocycles. The van der Waals surface area contributed by atoms with E-state index in [0.717, 1.165) is 56.6 Å². The van der Waals surface area contributed by atoms with Crippen LogP contribution in [0.3, 0.4) is 0 Å². The zero-order valence-electron chi connectivity index (χ0n) is 18.4. The number of pyridine rings is 1. The van der Waals surface area contributed by atoms with Crippen LogP contribution < -0.4 is 10.0 Å². The van der Waals surface area contributed by atoms with Gasteiger partial charge in [-0.25, -0.2) is 13.4 Å². The fraction of sp³-hybridized carbons (Fsp3) is 0.458. The van der Waals surface area contributed by atoms with Gasteiger partial charge < -0.3 is 5.32 Å². The molecule has 2 fully saturated rings. The minimum absolute atomic E-state index is 0.0818. The highest BCUT2D eigenvalue weighted by molar-refractivity contribution is 7.89. The van der Waals surface area contributed by atoms with Crippen LogP contribution in [0, 0.1) is 5.92 Å². The summed E-state index contributed by atoms with van der Waals surface area (Å²) in [4.78, 5) is 31.5. The Bertz CT molecular complexity index is 1160. The molecule has 174 valence electrons. The standard InChI is InChI=1S/C24H28N4O4S/c29-22-15-21(27-33(31,32)20-6-2-1-3-7-20)24(30)28(22)19-13-16(14-19)8-10-18-11-9-17-5-4-12-25-23(17)26-18/h1-3,6-7,9,11,16,19,21,27H,4-5,8,10,12-15H2,(H,25,26)/t16?,19?,21-/m0/s1. The second kappa shape index (κ2) is 8.87. The number of benzene rings is 1. The van der Waals surface area contributed by atoms with E-state index < -0.39 is 22.0 Å². The zero-order valence-corrected chi connectivity index (χ0v) is 19.2. The summed E-state index contributed by atoms with van der Waals surface area (Å²) in [5, 5.41) is 3.36. The van der Waals surface area contributed by atoms with E-state index in [9.17, 15) is 18.0 Å². The SMILES string of the molecule is O=C1C[C@H](NS(=O)(=O)c2ccccc2)C(=O)N1C1CC(CCc2ccc3c(n2)NCCC3)C1. The van der Waals surface area contributed by atoms with Gasteiger partial charge in [0.05, 0.1) is 11.3 Å². The van der Waals surface area contributed by atoms with Gasteiger partial charge >= 0.3 is 0 Å². The van der Waals surface area contributed by atoms with Crippen LogP contribution in [0.2, 0.25) is 0 Å². The summed E-state index contributed by atoms with van der Waals surface area (Å²) < 4.78 is 27.5. The van der Waals surface area contributed by atoms with E-state index in [2.05, 4.69) is 22.2 Å². The van der Waals surface area contributed by atoms with Crippen LogP contribution >= 0.6 is 0 Å². The Morgan fingerprint density at radius 1 is 1.09 bits per heavy atom. The summed E-state index contributed by atoms with van der Waals surface area (Å²) >= 11 is 0. The van der Waals surface area contributed by atoms with Crippen molar-refractivity contribution in [3.8, 4) is 0 Å². The van der Waals surface area contributed by atoms with Crippen LogP contribution in [0.1, 0.15) is 43.4 Å². The summed E-state index contributed by atoms with van der Waals surface area (Å²) in [6, 6.07) is 11.0. The van der Waals surface area contributed by atoms with E-state index in [1.165, 1.54) is 22.6 Å². The fourth-order valence-electron chi connectivity index (χ4n) is 4.99. The molecule has 9 heteroatoms. The monoisotopic (exact) mass is 468 g/mol. The molecule has 2 aliphatic heterocycles. The third-order valence-corrected chi connectivity index (χ3v) is 8.36. The average Bonchev–Trinajstić information content (AvgIpc) is 3.05. The number of imide groups is 1. The lowest BCUT2D eigenvalue weighted by molar-refractivity contribution is -0.144. The number of nitrogens with zero attached hydrogens (tertiary/aromatic N) is 2. The molecule has 5 rings (SSSR count). The lowest BCUT2D eigenvalue weighted by atomic mass is 9.76. The van der Waals surface area contributed by atoms with Crippen molar-refractivity contribution in [2.45, 2.75) is 61.9 Å². The van der Waals surface area contributed by atoms with Crippen molar-refractivity contribution in [3.05, 3.63) is 53.7 Å². The first kappa shape index (κ1) is 22.0. The molecule has 8 nitrogen and oxygen atoms in total. The molecule has 33 heavy (non-hydrogen) atoms. The lowest BCUT2D eigenvalue weighted by Gasteiger charge is -2.40. The first-order chi connectivity index (χ1) is 15.9. The van der Waals surface area contributed by atoms with Crippen molar-refractivity contribution in [2.24, 2.45) is 5.92 Å². The number of amides is 2. The highest BCUT2D eigenvalue weighted by Crippen LogP contribution is 2.37. The predicted molar refractivity (Wildman–Crippen MR) is 123 cm³/mol. The largest absolute Gasteiger partial charge is 0.370 e. The molecule has 1 saturated carbocycles. The van der Waals surface area contributed by atoms with E-state index >= 15 is 0 Å². The third-order valence-electron chi connectivity index (χ3n) is 6.87. The van der Waals surface area contributed by atoms with E-state index in [1.54, 1.807) is 18.2 Å². The lowest BCUT2D eigenvalue weighted by Crippen LogP contribution is -2.50. The van der Waals surface area contributed by atoms with E-state index in [-0.39, 0.29) is 23.3 Å². The molecule has 1 atom stereocenters. The Labute approximate surface area is 193 Å². The minimum atomic E-state index is -3.86. The van der Waals surface area contributed by atoms with Gasteiger partial charge in [0.15, 0.2) is 0 Å². The minimum Gasteiger partial charge on any atom is -0.370 e. The molecule has 2 N–H and O–H groups in total. The normalized spacial score (nSPS) is 24.8. The van der Waals surface area contributed by atoms with Crippen LogP contribution in [-0.2, 0) is 32.5 Å². The van der Waals surface area contributed by atoms with Gasteiger partial charge in [0.2, 0.25) is 21.8 Å². The Morgan fingerprint density at radius 3 is 2.67 bits per heavy atom. The summed E-state index contributed by atoms with van der Waals surface area (Å²) in [5.41, 5.74) is 2.34. The predicted octanol–water partition coefficient (Wildman–Crippen LogP) is 2.26. The van der Waals surface area contributed by atoms with Crippen molar-refractivity contribution in [3.63, 3.8) is 0 Å². The summed E-state index contributed by atoms with van der Waals surface area (Å²) in [7, 11) is -3.86. The number of fused-ring (bicyclic) bond motifs is 1. The van der Waals surface area contributed by atoms with Gasteiger partial charge in [-0.1, -0.05) is 24.3 Å². The smallest absolute Gasteiger partial charge is 0.248 e. The van der Waals surface area contributed by atoms with Crippen LogP contribution in [-0.4, -0.2) is 48.7 Å². The number of aromatic nitrogens is 1. The number of sulfonamides is 1. The molecule has 1 aromatic carbocycles. The van der Waals surface area contributed by atoms with Crippen LogP contribution in [0.25, 0.3) is 0 Å². The topological polar surface area (TPSA) is 108 Å². The van der Waals surface area contributed by atoms with Gasteiger partial charge in [0.25, 0.3) is 0 Å². The summed E-state index contributed by atoms with van der Waals surface area (Å²) in [5.74, 6) is 0.695. The van der Waals surface area contributed by atoms with E-state index in [1.807, 2.05) is 0 Å². The molecular formula is C24H28N4O4S. The zero-order chi connectivity index (χ0) is 23.0. The van der Waals surface area contributed by atoms with Gasteiger partial charge in [-0.3, -0.25) is 14.5 Å². The second-order valence-electron chi connectivity index (χ2n) is 9.16. The van der Waals surface area contributed by atoms with Crippen molar-refractivity contribution < 1.29 is 18.0 Å². The second-order valence-corrected chi connectivity index (χ2v) is 10.9. The molecule has 1 saturated heterocycles. The molecular weight excluding hydrogens is 440 g/mol. The number of hydrogen-bond donors (Lipinski definition) is 2. The molecule has 0 bridgehead atoms. The van der Waals surface area contributed by atoms with Crippen LogP contribution in [0.15, 0.2) is 47.4 Å². The number of anilines is 1. The fourth-order valence-corrected chi connectivity index (χ4v) is 6.20. The molecule has 1 aromatic heterocycles. The average molecular weight is 469 g/mol. The van der Waals surface area contributed by atoms with Crippen molar-refractivity contribution >= 4 is 27.7 Å².